The molecule has 6 nitrogen and oxygen atoms in total. The molecule has 6 saturated heterocycles. The number of rotatable bonds is 0. The molecule has 0 aromatic rings. The molecule has 0 aromatic carbocycles. The van der Waals surface area contributed by atoms with Gasteiger partial charge in [-0.3, -0.25) is 0 Å². The van der Waals surface area contributed by atoms with Gasteiger partial charge in [0, 0.05) is 45.1 Å². The molecule has 17 aliphatic rings. The average molecular weight is 1750 g/mol. The fraction of sp³-hybridized carbons (Fsp3) is 1.00. The number of hydrogen-bond donors (Lipinski definition) is 0. The van der Waals surface area contributed by atoms with Crippen LogP contribution >= 0.6 is 0 Å². The predicted molar refractivity (Wildman–Crippen MR) is 540 cm³/mol. The third-order valence-electron chi connectivity index (χ3n) is 39.9. The minimum absolute atomic E-state index is 0.306. The molecule has 0 radical (unpaired) electrons. The van der Waals surface area contributed by atoms with Crippen molar-refractivity contribution in [1.82, 2.24) is 0 Å². The highest BCUT2D eigenvalue weighted by atomic mass is 16.5. The van der Waals surface area contributed by atoms with Gasteiger partial charge in [0.2, 0.25) is 0 Å². The van der Waals surface area contributed by atoms with Crippen LogP contribution in [0.1, 0.15) is 547 Å². The van der Waals surface area contributed by atoms with Crippen molar-refractivity contribution in [2.75, 3.05) is 66.1 Å². The van der Waals surface area contributed by atoms with Gasteiger partial charge in [-0.1, -0.05) is 238 Å². The van der Waals surface area contributed by atoms with Gasteiger partial charge in [-0.25, -0.2) is 0 Å². The van der Waals surface area contributed by atoms with E-state index in [9.17, 15) is 0 Å². The summed E-state index contributed by atoms with van der Waals surface area (Å²) in [4.78, 5) is 0. The van der Waals surface area contributed by atoms with E-state index in [0.717, 1.165) is 130 Å². The summed E-state index contributed by atoms with van der Waals surface area (Å²) in [5, 5.41) is 0. The van der Waals surface area contributed by atoms with Gasteiger partial charge in [-0.2, -0.15) is 0 Å². The summed E-state index contributed by atoms with van der Waals surface area (Å²) < 4.78 is 34.1. The SMILES string of the molecule is CC(C)(C)C1CCC2(CC1)COC2.CC(C)(C)C1CCC2(CCCC2)CC1.CC(C)(C)C1CCC2(CCCCC2)CC1.CC(C)(C)C1CCC2(CCCCO2)CC1.CC(C)(C)C1CCC2(CCCO2)CC1.CC(C)(C)C1CCC2(CCCOC2)CC1.CC(C)(C)C1CCC2(CCOC2)CC1.CC(C)(C)C1CCC2(CCOCC2)CC1.CC(C)(C)C1CCCCC1. The Kier molecular flexibility index (Phi) is 40.1. The maximum absolute atomic E-state index is 6.07. The van der Waals surface area contributed by atoms with Crippen molar-refractivity contribution >= 4 is 0 Å². The van der Waals surface area contributed by atoms with Crippen molar-refractivity contribution in [3.63, 3.8) is 0 Å². The van der Waals surface area contributed by atoms with E-state index >= 15 is 0 Å². The van der Waals surface area contributed by atoms with E-state index in [1.54, 1.807) is 25.7 Å². The zero-order valence-electron chi connectivity index (χ0n) is 89.8. The van der Waals surface area contributed by atoms with Crippen LogP contribution < -0.4 is 0 Å². The molecule has 6 aliphatic heterocycles. The highest BCUT2D eigenvalue weighted by molar-refractivity contribution is 5.00. The summed E-state index contributed by atoms with van der Waals surface area (Å²) in [7, 11) is 0. The van der Waals surface area contributed by atoms with Crippen LogP contribution in [0.3, 0.4) is 0 Å². The lowest BCUT2D eigenvalue weighted by molar-refractivity contribution is -0.141. The molecule has 0 aromatic heterocycles. The van der Waals surface area contributed by atoms with Crippen LogP contribution in [0.25, 0.3) is 0 Å². The van der Waals surface area contributed by atoms with Crippen LogP contribution in [0.2, 0.25) is 0 Å². The first-order valence-electron chi connectivity index (χ1n) is 55.8. The molecular formula is C119H222O6. The van der Waals surface area contributed by atoms with Crippen molar-refractivity contribution in [3.8, 4) is 0 Å². The Bertz CT molecular complexity index is 2580. The molecule has 125 heavy (non-hydrogen) atoms. The van der Waals surface area contributed by atoms with Crippen LogP contribution in [0.5, 0.6) is 0 Å². The van der Waals surface area contributed by atoms with E-state index in [0.29, 0.717) is 81.6 Å². The number of hydrogen-bond acceptors (Lipinski definition) is 6. The fourth-order valence-electron chi connectivity index (χ4n) is 28.8. The quantitative estimate of drug-likeness (QED) is 0.241. The molecule has 0 bridgehead atoms. The topological polar surface area (TPSA) is 55.4 Å². The van der Waals surface area contributed by atoms with Gasteiger partial charge in [0.25, 0.3) is 0 Å². The summed E-state index contributed by atoms with van der Waals surface area (Å²) in [5.41, 5.74) is 9.48. The summed E-state index contributed by atoms with van der Waals surface area (Å²) in [6, 6.07) is 0. The molecule has 0 atom stereocenters. The molecule has 17 fully saturated rings. The smallest absolute Gasteiger partial charge is 0.0683 e. The molecular weight excluding hydrogens is 1530 g/mol. The molecule has 11 saturated carbocycles. The standard InChI is InChI=1S/C15H28.3C14H26O.C14H26.2C13H24O.C12H22O.C10H20/c1-14(2,3)13-7-11-15(12-8-13)9-5-4-6-10-15;1-13(2,3)12-5-8-14(9-6-12)7-4-10-15-11-14;1-13(2,3)12-4-6-14(7-5-12)8-10-15-11-9-14;1-13(2,3)12-6-9-14(10-7-12)8-4-5-11-15-14;1-13(2,3)12-6-10-14(11-7-12)8-4-5-9-14;1-12(2,3)11-5-8-13(9-6-11)7-4-10-14-13;1-12(2,3)11-4-6-13(7-5-11)8-9-14-10-13;1-11(2,3)10-4-6-12(7-5-10)8-13-9-12;1-10(2,3)9-7-5-4-6-8-9/h13H,4-12H2,1-3H3;3*12H,4-11H2,1-3H3;12H,4-11H2,1-3H3;2*11H,4-10H2,1-3H3;10H,4-9H2,1-3H3;9H,4-8H2,1-3H3. The van der Waals surface area contributed by atoms with E-state index in [1.165, 1.54) is 334 Å². The van der Waals surface area contributed by atoms with E-state index in [1.807, 2.05) is 0 Å². The first kappa shape index (κ1) is 108. The highest BCUT2D eigenvalue weighted by Crippen LogP contribution is 2.58. The van der Waals surface area contributed by atoms with Gasteiger partial charge in [-0.05, 0) is 437 Å². The summed E-state index contributed by atoms with van der Waals surface area (Å²) in [6.07, 6.45) is 80.2. The maximum Gasteiger partial charge on any atom is 0.0683 e. The van der Waals surface area contributed by atoms with Crippen LogP contribution in [0, 0.1) is 134 Å². The van der Waals surface area contributed by atoms with E-state index in [-0.39, 0.29) is 0 Å². The second-order valence-electron chi connectivity index (χ2n) is 57.8. The van der Waals surface area contributed by atoms with Gasteiger partial charge in [0.15, 0.2) is 0 Å². The van der Waals surface area contributed by atoms with Crippen molar-refractivity contribution < 1.29 is 28.4 Å². The highest BCUT2D eigenvalue weighted by Gasteiger charge is 2.49. The Morgan fingerprint density at radius 1 is 0.144 bits per heavy atom. The average Bonchev–Trinajstić information content (AvgIpc) is 1.77. The fourth-order valence-corrected chi connectivity index (χ4v) is 28.8. The maximum atomic E-state index is 6.07. The van der Waals surface area contributed by atoms with Gasteiger partial charge >= 0.3 is 0 Å². The molecule has 0 amide bonds. The predicted octanol–water partition coefficient (Wildman–Crippen LogP) is 36.4. The minimum Gasteiger partial charge on any atom is -0.381 e. The molecule has 17 rings (SSSR count). The normalized spacial score (nSPS) is 31.0. The molecule has 6 heteroatoms. The largest absolute Gasteiger partial charge is 0.381 e. The number of ether oxygens (including phenoxy) is 6. The first-order chi connectivity index (χ1) is 58.3. The van der Waals surface area contributed by atoms with Gasteiger partial charge < -0.3 is 28.4 Å². The van der Waals surface area contributed by atoms with Gasteiger partial charge in [0.05, 0.1) is 37.6 Å². The zero-order valence-corrected chi connectivity index (χ0v) is 89.8. The van der Waals surface area contributed by atoms with Crippen molar-refractivity contribution in [2.45, 2.75) is 558 Å². The van der Waals surface area contributed by atoms with Crippen molar-refractivity contribution in [3.05, 3.63) is 0 Å². The monoisotopic (exact) mass is 1750 g/mol. The zero-order chi connectivity index (χ0) is 91.6. The van der Waals surface area contributed by atoms with Crippen LogP contribution in [0.4, 0.5) is 0 Å². The summed E-state index contributed by atoms with van der Waals surface area (Å²) in [6.45, 7) is 74.9. The molecule has 734 valence electrons. The second kappa shape index (κ2) is 46.3. The second-order valence-corrected chi connectivity index (χ2v) is 57.8. The molecule has 8 spiro atoms. The Labute approximate surface area is 781 Å². The minimum atomic E-state index is 0.306. The van der Waals surface area contributed by atoms with Crippen LogP contribution in [0.15, 0.2) is 0 Å². The van der Waals surface area contributed by atoms with E-state index in [4.69, 9.17) is 28.4 Å². The van der Waals surface area contributed by atoms with E-state index < -0.39 is 0 Å². The summed E-state index contributed by atoms with van der Waals surface area (Å²) >= 11 is 0. The third-order valence-corrected chi connectivity index (χ3v) is 39.9. The van der Waals surface area contributed by atoms with Crippen molar-refractivity contribution in [2.24, 2.45) is 134 Å². The van der Waals surface area contributed by atoms with E-state index in [2.05, 4.69) is 187 Å². The van der Waals surface area contributed by atoms with Gasteiger partial charge in [0.1, 0.15) is 0 Å². The molecule has 6 heterocycles. The van der Waals surface area contributed by atoms with Crippen molar-refractivity contribution in [1.29, 1.82) is 0 Å². The van der Waals surface area contributed by atoms with Crippen LogP contribution in [-0.2, 0) is 28.4 Å². The lowest BCUT2D eigenvalue weighted by atomic mass is 9.60. The Hall–Kier alpha value is -0.240. The summed E-state index contributed by atoms with van der Waals surface area (Å²) in [5.74, 6) is 8.58. The Balaban J connectivity index is 0.000000159. The molecule has 11 aliphatic carbocycles. The third kappa shape index (κ3) is 33.9. The first-order valence-corrected chi connectivity index (χ1v) is 55.8. The molecule has 0 unspecified atom stereocenters. The lowest BCUT2D eigenvalue weighted by Crippen LogP contribution is -2.46. The lowest BCUT2D eigenvalue weighted by Gasteiger charge is -2.48. The van der Waals surface area contributed by atoms with Gasteiger partial charge in [-0.15, -0.1) is 0 Å². The molecule has 0 N–H and O–H groups in total. The Morgan fingerprint density at radius 2 is 0.352 bits per heavy atom. The Morgan fingerprint density at radius 3 is 0.616 bits per heavy atom. The van der Waals surface area contributed by atoms with Crippen LogP contribution in [-0.4, -0.2) is 77.3 Å².